The standard InChI is InChI=1S/C20H12F2N2O5/c1-10-16(21)18(28-14-4-2-3-11(5-14)9-23)24-19(17(10)22)29-15-7-12(20(26)27)6-13(25)8-15/h2-8,25H,1H3,(H,26,27). The smallest absolute Gasteiger partial charge is 0.335 e. The number of carboxylic acid groups (broad SMARTS) is 1. The van der Waals surface area contributed by atoms with Gasteiger partial charge in [0, 0.05) is 11.6 Å². The number of rotatable bonds is 5. The van der Waals surface area contributed by atoms with E-state index in [0.29, 0.717) is 0 Å². The summed E-state index contributed by atoms with van der Waals surface area (Å²) in [5.74, 6) is -5.37. The topological polar surface area (TPSA) is 113 Å². The van der Waals surface area contributed by atoms with E-state index in [-0.39, 0.29) is 22.6 Å². The van der Waals surface area contributed by atoms with Crippen LogP contribution in [0, 0.1) is 29.9 Å². The van der Waals surface area contributed by atoms with Crippen LogP contribution in [-0.2, 0) is 0 Å². The molecule has 0 aliphatic rings. The molecule has 7 nitrogen and oxygen atoms in total. The van der Waals surface area contributed by atoms with Gasteiger partial charge in [-0.2, -0.15) is 10.2 Å². The van der Waals surface area contributed by atoms with E-state index in [0.717, 1.165) is 25.1 Å². The highest BCUT2D eigenvalue weighted by Crippen LogP contribution is 2.34. The number of phenols is 1. The van der Waals surface area contributed by atoms with E-state index in [2.05, 4.69) is 4.98 Å². The van der Waals surface area contributed by atoms with Crippen molar-refractivity contribution in [1.82, 2.24) is 4.98 Å². The molecule has 146 valence electrons. The number of benzene rings is 2. The summed E-state index contributed by atoms with van der Waals surface area (Å²) < 4.78 is 39.4. The summed E-state index contributed by atoms with van der Waals surface area (Å²) in [5.41, 5.74) is -0.483. The monoisotopic (exact) mass is 398 g/mol. The average molecular weight is 398 g/mol. The highest BCUT2D eigenvalue weighted by atomic mass is 19.1. The lowest BCUT2D eigenvalue weighted by molar-refractivity contribution is 0.0696. The van der Waals surface area contributed by atoms with E-state index < -0.39 is 40.7 Å². The fraction of sp³-hybridized carbons (Fsp3) is 0.0500. The summed E-state index contributed by atoms with van der Waals surface area (Å²) in [4.78, 5) is 14.8. The zero-order chi connectivity index (χ0) is 21.1. The molecule has 0 aliphatic carbocycles. The van der Waals surface area contributed by atoms with Gasteiger partial charge in [0.15, 0.2) is 11.6 Å². The van der Waals surface area contributed by atoms with Gasteiger partial charge in [0.1, 0.15) is 17.2 Å². The van der Waals surface area contributed by atoms with Crippen LogP contribution < -0.4 is 9.47 Å². The van der Waals surface area contributed by atoms with Crippen LogP contribution in [0.1, 0.15) is 21.5 Å². The molecule has 2 N–H and O–H groups in total. The van der Waals surface area contributed by atoms with Gasteiger partial charge >= 0.3 is 5.97 Å². The van der Waals surface area contributed by atoms with Gasteiger partial charge in [-0.3, -0.25) is 0 Å². The number of carbonyl (C=O) groups is 1. The highest BCUT2D eigenvalue weighted by molar-refractivity contribution is 5.88. The van der Waals surface area contributed by atoms with E-state index in [9.17, 15) is 18.7 Å². The SMILES string of the molecule is Cc1c(F)c(Oc2cccc(C#N)c2)nc(Oc2cc(O)cc(C(=O)O)c2)c1F. The molecule has 0 amide bonds. The summed E-state index contributed by atoms with van der Waals surface area (Å²) in [6.45, 7) is 1.14. The van der Waals surface area contributed by atoms with Crippen molar-refractivity contribution in [2.45, 2.75) is 6.92 Å². The number of ether oxygens (including phenoxy) is 2. The molecule has 0 saturated carbocycles. The Kier molecular flexibility index (Phi) is 5.27. The molecule has 9 heteroatoms. The Hall–Kier alpha value is -4.19. The van der Waals surface area contributed by atoms with Gasteiger partial charge in [0.05, 0.1) is 17.2 Å². The number of aromatic carboxylic acids is 1. The third-order valence-corrected chi connectivity index (χ3v) is 3.77. The second-order valence-electron chi connectivity index (χ2n) is 5.84. The van der Waals surface area contributed by atoms with Crippen LogP contribution in [0.15, 0.2) is 42.5 Å². The number of aromatic hydroxyl groups is 1. The third kappa shape index (κ3) is 4.22. The number of hydrogen-bond acceptors (Lipinski definition) is 6. The van der Waals surface area contributed by atoms with Crippen LogP contribution in [0.25, 0.3) is 0 Å². The van der Waals surface area contributed by atoms with Crippen LogP contribution in [0.5, 0.6) is 29.0 Å². The summed E-state index contributed by atoms with van der Waals surface area (Å²) >= 11 is 0. The van der Waals surface area contributed by atoms with Gasteiger partial charge < -0.3 is 19.7 Å². The Morgan fingerprint density at radius 2 is 1.72 bits per heavy atom. The van der Waals surface area contributed by atoms with Gasteiger partial charge in [-0.1, -0.05) is 6.07 Å². The molecule has 0 saturated heterocycles. The Balaban J connectivity index is 2.00. The van der Waals surface area contributed by atoms with Crippen molar-refractivity contribution in [2.24, 2.45) is 0 Å². The quantitative estimate of drug-likeness (QED) is 0.649. The first-order valence-corrected chi connectivity index (χ1v) is 8.07. The number of phenolic OH excluding ortho intramolecular Hbond substituents is 1. The molecule has 3 aromatic rings. The van der Waals surface area contributed by atoms with E-state index in [1.54, 1.807) is 0 Å². The minimum absolute atomic E-state index is 0.0953. The van der Waals surface area contributed by atoms with E-state index in [1.807, 2.05) is 6.07 Å². The molecule has 29 heavy (non-hydrogen) atoms. The van der Waals surface area contributed by atoms with Crippen LogP contribution in [0.3, 0.4) is 0 Å². The van der Waals surface area contributed by atoms with E-state index in [4.69, 9.17) is 19.8 Å². The fourth-order valence-electron chi connectivity index (χ4n) is 2.36. The third-order valence-electron chi connectivity index (χ3n) is 3.77. The van der Waals surface area contributed by atoms with Crippen molar-refractivity contribution < 1.29 is 33.3 Å². The minimum atomic E-state index is -1.34. The molecular weight excluding hydrogens is 386 g/mol. The first kappa shape index (κ1) is 19.6. The zero-order valence-electron chi connectivity index (χ0n) is 14.8. The molecule has 0 spiro atoms. The summed E-state index contributed by atoms with van der Waals surface area (Å²) in [6, 6.07) is 10.8. The van der Waals surface area contributed by atoms with Crippen molar-refractivity contribution in [1.29, 1.82) is 5.26 Å². The highest BCUT2D eigenvalue weighted by Gasteiger charge is 2.21. The number of carboxylic acids is 1. The number of nitrogens with zero attached hydrogens (tertiary/aromatic N) is 2. The van der Waals surface area contributed by atoms with Crippen molar-refractivity contribution in [3.05, 3.63) is 70.8 Å². The molecule has 0 fully saturated rings. The number of halogens is 2. The van der Waals surface area contributed by atoms with Crippen molar-refractivity contribution in [3.8, 4) is 35.1 Å². The molecule has 0 atom stereocenters. The number of aromatic nitrogens is 1. The lowest BCUT2D eigenvalue weighted by Crippen LogP contribution is -2.03. The second kappa shape index (κ2) is 7.82. The van der Waals surface area contributed by atoms with Crippen LogP contribution >= 0.6 is 0 Å². The molecule has 0 aliphatic heterocycles. The number of nitriles is 1. The second-order valence-corrected chi connectivity index (χ2v) is 5.84. The van der Waals surface area contributed by atoms with Crippen molar-refractivity contribution in [3.63, 3.8) is 0 Å². The van der Waals surface area contributed by atoms with Crippen LogP contribution in [0.2, 0.25) is 0 Å². The molecule has 0 unspecified atom stereocenters. The van der Waals surface area contributed by atoms with Crippen molar-refractivity contribution in [2.75, 3.05) is 0 Å². The maximum Gasteiger partial charge on any atom is 0.335 e. The summed E-state index contributed by atoms with van der Waals surface area (Å²) in [5, 5.41) is 27.6. The first-order chi connectivity index (χ1) is 13.8. The van der Waals surface area contributed by atoms with Gasteiger partial charge in [-0.05, 0) is 37.3 Å². The summed E-state index contributed by atoms with van der Waals surface area (Å²) in [6.07, 6.45) is 0. The van der Waals surface area contributed by atoms with Gasteiger partial charge in [-0.15, -0.1) is 0 Å². The fourth-order valence-corrected chi connectivity index (χ4v) is 2.36. The molecule has 1 aromatic heterocycles. The number of pyridine rings is 1. The molecular formula is C20H12F2N2O5. The molecule has 3 rings (SSSR count). The van der Waals surface area contributed by atoms with Crippen molar-refractivity contribution >= 4 is 5.97 Å². The Labute approximate surface area is 163 Å². The lowest BCUT2D eigenvalue weighted by Gasteiger charge is -2.13. The molecule has 0 bridgehead atoms. The molecule has 2 aromatic carbocycles. The molecule has 1 heterocycles. The maximum absolute atomic E-state index is 14.4. The van der Waals surface area contributed by atoms with Crippen LogP contribution in [0.4, 0.5) is 8.78 Å². The summed E-state index contributed by atoms with van der Waals surface area (Å²) in [7, 11) is 0. The largest absolute Gasteiger partial charge is 0.508 e. The molecule has 0 radical (unpaired) electrons. The normalized spacial score (nSPS) is 10.3. The Morgan fingerprint density at radius 3 is 2.34 bits per heavy atom. The van der Waals surface area contributed by atoms with Gasteiger partial charge in [-0.25, -0.2) is 13.6 Å². The maximum atomic E-state index is 14.4. The Morgan fingerprint density at radius 1 is 1.07 bits per heavy atom. The number of hydrogen-bond donors (Lipinski definition) is 2. The zero-order valence-corrected chi connectivity index (χ0v) is 14.8. The average Bonchev–Trinajstić information content (AvgIpc) is 2.69. The van der Waals surface area contributed by atoms with Gasteiger partial charge in [0.25, 0.3) is 11.8 Å². The lowest BCUT2D eigenvalue weighted by atomic mass is 10.2. The van der Waals surface area contributed by atoms with E-state index in [1.165, 1.54) is 24.3 Å². The van der Waals surface area contributed by atoms with Gasteiger partial charge in [0.2, 0.25) is 0 Å². The van der Waals surface area contributed by atoms with E-state index >= 15 is 0 Å². The minimum Gasteiger partial charge on any atom is -0.508 e. The predicted molar refractivity (Wildman–Crippen MR) is 95.3 cm³/mol. The first-order valence-electron chi connectivity index (χ1n) is 8.07. The Bertz CT molecular complexity index is 1160. The predicted octanol–water partition coefficient (Wildman–Crippen LogP) is 4.53. The van der Waals surface area contributed by atoms with Crippen LogP contribution in [-0.4, -0.2) is 21.2 Å².